The minimum Gasteiger partial charge on any atom is -0.358 e. The fourth-order valence-corrected chi connectivity index (χ4v) is 3.90. The number of hydrogen-bond acceptors (Lipinski definition) is 3. The van der Waals surface area contributed by atoms with Gasteiger partial charge in [-0.1, -0.05) is 12.1 Å². The van der Waals surface area contributed by atoms with Crippen molar-refractivity contribution in [3.63, 3.8) is 0 Å². The summed E-state index contributed by atoms with van der Waals surface area (Å²) in [4.78, 5) is 12.4. The number of para-hydroxylation sites is 2. The molecule has 1 aromatic carbocycles. The second kappa shape index (κ2) is 4.20. The highest BCUT2D eigenvalue weighted by Crippen LogP contribution is 2.37. The molecule has 106 valence electrons. The van der Waals surface area contributed by atoms with Crippen LogP contribution >= 0.6 is 0 Å². The number of aryl methyl sites for hydroxylation is 2. The second-order valence-electron chi connectivity index (χ2n) is 6.14. The molecule has 0 N–H and O–H groups in total. The first kappa shape index (κ1) is 11.5. The molecule has 4 heteroatoms. The van der Waals surface area contributed by atoms with E-state index < -0.39 is 0 Å². The lowest BCUT2D eigenvalue weighted by Crippen LogP contribution is -2.32. The summed E-state index contributed by atoms with van der Waals surface area (Å²) in [6.45, 7) is 3.45. The monoisotopic (exact) mass is 278 g/mol. The Morgan fingerprint density at radius 1 is 0.857 bits per heavy atom. The van der Waals surface area contributed by atoms with Crippen molar-refractivity contribution in [3.8, 4) is 0 Å². The first-order chi connectivity index (χ1) is 10.4. The molecular formula is C17H18N4. The lowest BCUT2D eigenvalue weighted by molar-refractivity contribution is 0.568. The number of aromatic nitrogens is 3. The van der Waals surface area contributed by atoms with Crippen molar-refractivity contribution in [2.75, 3.05) is 18.0 Å². The molecule has 0 saturated carbocycles. The van der Waals surface area contributed by atoms with Gasteiger partial charge in [0, 0.05) is 25.2 Å². The third kappa shape index (κ3) is 1.56. The van der Waals surface area contributed by atoms with E-state index in [-0.39, 0.29) is 0 Å². The topological polar surface area (TPSA) is 34.0 Å². The molecule has 0 saturated heterocycles. The standard InChI is InChI=1S/C17H18N4/c1-2-8-14-13(7-1)18-15-12-6-3-4-9-20-10-5-11-21(17(12)20)16(15)19-14/h1-2,7-8H,3-6,9-11H2. The highest BCUT2D eigenvalue weighted by molar-refractivity contribution is 5.91. The molecule has 4 nitrogen and oxygen atoms in total. The summed E-state index contributed by atoms with van der Waals surface area (Å²) in [6.07, 6.45) is 4.90. The summed E-state index contributed by atoms with van der Waals surface area (Å²) in [5, 5.41) is 0. The van der Waals surface area contributed by atoms with Gasteiger partial charge >= 0.3 is 0 Å². The maximum atomic E-state index is 4.95. The molecule has 0 bridgehead atoms. The second-order valence-corrected chi connectivity index (χ2v) is 6.14. The fourth-order valence-electron chi connectivity index (χ4n) is 3.90. The summed E-state index contributed by atoms with van der Waals surface area (Å²) in [6, 6.07) is 8.22. The van der Waals surface area contributed by atoms with E-state index in [1.807, 2.05) is 12.1 Å². The molecule has 4 heterocycles. The van der Waals surface area contributed by atoms with Crippen molar-refractivity contribution in [1.29, 1.82) is 0 Å². The van der Waals surface area contributed by atoms with Crippen LogP contribution in [0.1, 0.15) is 24.8 Å². The van der Waals surface area contributed by atoms with Gasteiger partial charge in [-0.05, 0) is 37.8 Å². The number of fused-ring (bicyclic) bond motifs is 4. The molecule has 0 unspecified atom stereocenters. The van der Waals surface area contributed by atoms with E-state index in [0.29, 0.717) is 0 Å². The van der Waals surface area contributed by atoms with Crippen LogP contribution in [0.15, 0.2) is 24.3 Å². The zero-order chi connectivity index (χ0) is 13.8. The Morgan fingerprint density at radius 2 is 1.67 bits per heavy atom. The highest BCUT2D eigenvalue weighted by Gasteiger charge is 2.28. The molecule has 2 aliphatic heterocycles. The number of hydrogen-bond donors (Lipinski definition) is 0. The molecule has 0 radical (unpaired) electrons. The Hall–Kier alpha value is -2.10. The molecule has 2 aliphatic rings. The van der Waals surface area contributed by atoms with Gasteiger partial charge in [0.05, 0.1) is 11.0 Å². The Kier molecular flexibility index (Phi) is 2.31. The minimum absolute atomic E-state index is 1.01. The van der Waals surface area contributed by atoms with Crippen molar-refractivity contribution in [3.05, 3.63) is 29.8 Å². The summed E-state index contributed by atoms with van der Waals surface area (Å²) in [7, 11) is 0. The predicted molar refractivity (Wildman–Crippen MR) is 84.8 cm³/mol. The molecule has 0 amide bonds. The number of rotatable bonds is 0. The van der Waals surface area contributed by atoms with Crippen LogP contribution in [-0.4, -0.2) is 27.6 Å². The van der Waals surface area contributed by atoms with Gasteiger partial charge in [0.1, 0.15) is 11.3 Å². The van der Waals surface area contributed by atoms with E-state index in [9.17, 15) is 0 Å². The molecule has 0 aliphatic carbocycles. The first-order valence-electron chi connectivity index (χ1n) is 7.94. The maximum Gasteiger partial charge on any atom is 0.161 e. The van der Waals surface area contributed by atoms with Crippen LogP contribution in [-0.2, 0) is 13.0 Å². The molecule has 21 heavy (non-hydrogen) atoms. The van der Waals surface area contributed by atoms with Gasteiger partial charge in [-0.15, -0.1) is 0 Å². The third-order valence-corrected chi connectivity index (χ3v) is 4.83. The Balaban J connectivity index is 1.91. The Morgan fingerprint density at radius 3 is 2.57 bits per heavy atom. The van der Waals surface area contributed by atoms with Gasteiger partial charge < -0.3 is 9.47 Å². The Labute approximate surface area is 123 Å². The SMILES string of the molecule is c1ccc2nc3c(nc2c1)c1c2n3CCCN2CCCC1. The molecule has 3 aromatic rings. The molecular weight excluding hydrogens is 260 g/mol. The van der Waals surface area contributed by atoms with Gasteiger partial charge in [0.2, 0.25) is 0 Å². The smallest absolute Gasteiger partial charge is 0.161 e. The predicted octanol–water partition coefficient (Wildman–Crippen LogP) is 3.13. The van der Waals surface area contributed by atoms with Gasteiger partial charge in [0.15, 0.2) is 5.65 Å². The van der Waals surface area contributed by atoms with Gasteiger partial charge in [-0.25, -0.2) is 9.97 Å². The van der Waals surface area contributed by atoms with Gasteiger partial charge in [-0.2, -0.15) is 0 Å². The van der Waals surface area contributed by atoms with Crippen molar-refractivity contribution in [1.82, 2.24) is 14.5 Å². The van der Waals surface area contributed by atoms with Crippen molar-refractivity contribution < 1.29 is 0 Å². The number of nitrogens with zero attached hydrogens (tertiary/aromatic N) is 4. The van der Waals surface area contributed by atoms with E-state index in [1.54, 1.807) is 0 Å². The molecule has 0 atom stereocenters. The van der Waals surface area contributed by atoms with Crippen LogP contribution in [0.3, 0.4) is 0 Å². The van der Waals surface area contributed by atoms with Gasteiger partial charge in [0.25, 0.3) is 0 Å². The lowest BCUT2D eigenvalue weighted by Gasteiger charge is -2.30. The number of anilines is 1. The zero-order valence-electron chi connectivity index (χ0n) is 12.0. The fraction of sp³-hybridized carbons (Fsp3) is 0.412. The average Bonchev–Trinajstić information content (AvgIpc) is 2.69. The van der Waals surface area contributed by atoms with E-state index in [0.717, 1.165) is 35.2 Å². The minimum atomic E-state index is 1.01. The van der Waals surface area contributed by atoms with E-state index >= 15 is 0 Å². The summed E-state index contributed by atoms with van der Waals surface area (Å²) in [5.41, 5.74) is 5.68. The van der Waals surface area contributed by atoms with Crippen LogP contribution < -0.4 is 4.90 Å². The molecule has 2 aromatic heterocycles. The third-order valence-electron chi connectivity index (χ3n) is 4.83. The van der Waals surface area contributed by atoms with E-state index in [2.05, 4.69) is 21.6 Å². The lowest BCUT2D eigenvalue weighted by atomic mass is 10.1. The number of benzene rings is 1. The Bertz CT molecular complexity index is 849. The molecule has 0 fully saturated rings. The van der Waals surface area contributed by atoms with Crippen LogP contribution in [0.25, 0.3) is 22.2 Å². The van der Waals surface area contributed by atoms with E-state index in [4.69, 9.17) is 9.97 Å². The first-order valence-corrected chi connectivity index (χ1v) is 7.94. The van der Waals surface area contributed by atoms with Gasteiger partial charge in [-0.3, -0.25) is 0 Å². The van der Waals surface area contributed by atoms with Crippen molar-refractivity contribution >= 4 is 28.0 Å². The normalized spacial score (nSPS) is 18.0. The van der Waals surface area contributed by atoms with Crippen LogP contribution in [0, 0.1) is 0 Å². The molecule has 5 rings (SSSR count). The summed E-state index contributed by atoms with van der Waals surface area (Å²) >= 11 is 0. The van der Waals surface area contributed by atoms with Crippen LogP contribution in [0.5, 0.6) is 0 Å². The van der Waals surface area contributed by atoms with Crippen molar-refractivity contribution in [2.24, 2.45) is 0 Å². The van der Waals surface area contributed by atoms with E-state index in [1.165, 1.54) is 43.7 Å². The van der Waals surface area contributed by atoms with Crippen LogP contribution in [0.2, 0.25) is 0 Å². The summed E-state index contributed by atoms with van der Waals surface area (Å²) in [5.74, 6) is 1.41. The summed E-state index contributed by atoms with van der Waals surface area (Å²) < 4.78 is 2.42. The van der Waals surface area contributed by atoms with Crippen molar-refractivity contribution in [2.45, 2.75) is 32.2 Å². The maximum absolute atomic E-state index is 4.95. The van der Waals surface area contributed by atoms with Crippen LogP contribution in [0.4, 0.5) is 5.82 Å². The quantitative estimate of drug-likeness (QED) is 0.633. The zero-order valence-corrected chi connectivity index (χ0v) is 12.0. The average molecular weight is 278 g/mol. The molecule has 0 spiro atoms. The largest absolute Gasteiger partial charge is 0.358 e. The highest BCUT2D eigenvalue weighted by atomic mass is 15.3.